The predicted molar refractivity (Wildman–Crippen MR) is 60.7 cm³/mol. The molecular weight excluding hydrogens is 229 g/mol. The van der Waals surface area contributed by atoms with E-state index < -0.39 is 5.82 Å². The topological polar surface area (TPSA) is 20.3 Å². The van der Waals surface area contributed by atoms with Crippen molar-refractivity contribution in [1.29, 1.82) is 0 Å². The lowest BCUT2D eigenvalue weighted by Gasteiger charge is -2.17. The van der Waals surface area contributed by atoms with Crippen molar-refractivity contribution in [3.63, 3.8) is 0 Å². The maximum atomic E-state index is 13.2. The zero-order chi connectivity index (χ0) is 11.7. The minimum Gasteiger partial charge on any atom is -0.310 e. The first-order chi connectivity index (χ1) is 7.63. The lowest BCUT2D eigenvalue weighted by atomic mass is 10.1. The van der Waals surface area contributed by atoms with Crippen molar-refractivity contribution in [1.82, 2.24) is 0 Å². The van der Waals surface area contributed by atoms with Gasteiger partial charge in [-0.15, -0.1) is 12.3 Å². The molecule has 0 radical (unpaired) electrons. The van der Waals surface area contributed by atoms with Gasteiger partial charge in [0.15, 0.2) is 0 Å². The molecule has 82 valence electrons. The van der Waals surface area contributed by atoms with Crippen LogP contribution in [0.4, 0.5) is 10.1 Å². The summed E-state index contributed by atoms with van der Waals surface area (Å²) < 4.78 is 13.2. The van der Waals surface area contributed by atoms with E-state index in [4.69, 9.17) is 18.0 Å². The average molecular weight is 238 g/mol. The van der Waals surface area contributed by atoms with E-state index in [0.29, 0.717) is 18.7 Å². The third kappa shape index (κ3) is 1.77. The van der Waals surface area contributed by atoms with Crippen LogP contribution in [0.3, 0.4) is 0 Å². The van der Waals surface area contributed by atoms with Gasteiger partial charge in [0.25, 0.3) is 0 Å². The molecule has 16 heavy (non-hydrogen) atoms. The summed E-state index contributed by atoms with van der Waals surface area (Å²) in [5.41, 5.74) is 0.393. The Morgan fingerprint density at radius 3 is 2.94 bits per heavy atom. The van der Waals surface area contributed by atoms with Crippen LogP contribution in [0.1, 0.15) is 6.42 Å². The van der Waals surface area contributed by atoms with E-state index in [2.05, 4.69) is 5.92 Å². The van der Waals surface area contributed by atoms with Gasteiger partial charge in [0.1, 0.15) is 10.8 Å². The van der Waals surface area contributed by atoms with E-state index >= 15 is 0 Å². The first-order valence-electron chi connectivity index (χ1n) is 4.84. The number of nitrogens with zero attached hydrogens (tertiary/aromatic N) is 1. The molecule has 1 aliphatic rings. The second-order valence-electron chi connectivity index (χ2n) is 3.65. The van der Waals surface area contributed by atoms with Crippen molar-refractivity contribution in [2.24, 2.45) is 5.92 Å². The summed E-state index contributed by atoms with van der Waals surface area (Å²) in [6.07, 6.45) is 5.56. The van der Waals surface area contributed by atoms with Crippen LogP contribution in [0.2, 0.25) is 5.02 Å². The molecule has 0 aromatic heterocycles. The molecule has 1 aliphatic heterocycles. The summed E-state index contributed by atoms with van der Waals surface area (Å²) in [6.45, 7) is 0.401. The first-order valence-corrected chi connectivity index (χ1v) is 5.21. The van der Waals surface area contributed by atoms with Gasteiger partial charge in [-0.25, -0.2) is 4.39 Å². The van der Waals surface area contributed by atoms with Crippen LogP contribution >= 0.6 is 11.6 Å². The highest BCUT2D eigenvalue weighted by Gasteiger charge is 2.30. The lowest BCUT2D eigenvalue weighted by molar-refractivity contribution is -0.117. The molecule has 1 saturated heterocycles. The van der Waals surface area contributed by atoms with Gasteiger partial charge in [-0.2, -0.15) is 0 Å². The Morgan fingerprint density at radius 2 is 2.31 bits per heavy atom. The fraction of sp³-hybridized carbons (Fsp3) is 0.250. The number of rotatable bonds is 1. The monoisotopic (exact) mass is 237 g/mol. The third-order valence-corrected chi connectivity index (χ3v) is 2.96. The molecule has 1 atom stereocenters. The van der Waals surface area contributed by atoms with Crippen LogP contribution < -0.4 is 4.90 Å². The minimum atomic E-state index is -0.531. The van der Waals surface area contributed by atoms with Crippen molar-refractivity contribution >= 4 is 23.2 Å². The van der Waals surface area contributed by atoms with Crippen molar-refractivity contribution in [2.75, 3.05) is 11.4 Å². The van der Waals surface area contributed by atoms with E-state index in [-0.39, 0.29) is 16.8 Å². The molecule has 2 nitrogen and oxygen atoms in total. The van der Waals surface area contributed by atoms with Crippen molar-refractivity contribution in [3.8, 4) is 12.3 Å². The average Bonchev–Trinajstić information content (AvgIpc) is 2.64. The highest BCUT2D eigenvalue weighted by molar-refractivity contribution is 6.34. The maximum Gasteiger partial charge on any atom is 0.228 e. The molecule has 1 fully saturated rings. The third-order valence-electron chi connectivity index (χ3n) is 2.58. The van der Waals surface area contributed by atoms with Crippen LogP contribution in [0, 0.1) is 24.1 Å². The SMILES string of the molecule is C#CC1CC(=O)N(c2cccc(F)c2Cl)C1. The standard InChI is InChI=1S/C12H9ClFNO/c1-2-8-6-11(16)15(7-8)10-5-3-4-9(14)12(10)13/h1,3-5,8H,6-7H2. The van der Waals surface area contributed by atoms with Crippen LogP contribution in [-0.2, 0) is 4.79 Å². The molecule has 0 bridgehead atoms. The van der Waals surface area contributed by atoms with E-state index in [1.54, 1.807) is 6.07 Å². The largest absolute Gasteiger partial charge is 0.310 e. The van der Waals surface area contributed by atoms with E-state index in [0.717, 1.165) is 0 Å². The summed E-state index contributed by atoms with van der Waals surface area (Å²) in [6, 6.07) is 4.39. The van der Waals surface area contributed by atoms with E-state index in [1.165, 1.54) is 17.0 Å². The van der Waals surface area contributed by atoms with Crippen molar-refractivity contribution in [2.45, 2.75) is 6.42 Å². The summed E-state index contributed by atoms with van der Waals surface area (Å²) in [7, 11) is 0. The summed E-state index contributed by atoms with van der Waals surface area (Å²) in [5.74, 6) is 1.76. The van der Waals surface area contributed by atoms with E-state index in [9.17, 15) is 9.18 Å². The highest BCUT2D eigenvalue weighted by Crippen LogP contribution is 2.32. The Labute approximate surface area is 98.0 Å². The second-order valence-corrected chi connectivity index (χ2v) is 4.02. The highest BCUT2D eigenvalue weighted by atomic mass is 35.5. The van der Waals surface area contributed by atoms with Gasteiger partial charge in [-0.05, 0) is 12.1 Å². The molecule has 0 saturated carbocycles. The Morgan fingerprint density at radius 1 is 1.56 bits per heavy atom. The number of anilines is 1. The van der Waals surface area contributed by atoms with Crippen molar-refractivity contribution in [3.05, 3.63) is 29.0 Å². The number of hydrogen-bond donors (Lipinski definition) is 0. The fourth-order valence-electron chi connectivity index (χ4n) is 1.75. The van der Waals surface area contributed by atoms with Gasteiger partial charge >= 0.3 is 0 Å². The molecule has 1 aromatic carbocycles. The predicted octanol–water partition coefficient (Wildman–Crippen LogP) is 2.47. The number of halogens is 2. The molecule has 0 aliphatic carbocycles. The summed E-state index contributed by atoms with van der Waals surface area (Å²) >= 11 is 5.81. The van der Waals surface area contributed by atoms with Crippen LogP contribution in [0.15, 0.2) is 18.2 Å². The van der Waals surface area contributed by atoms with Gasteiger partial charge in [0, 0.05) is 18.9 Å². The molecular formula is C12H9ClFNO. The number of carbonyl (C=O) groups is 1. The maximum absolute atomic E-state index is 13.2. The van der Waals surface area contributed by atoms with Crippen molar-refractivity contribution < 1.29 is 9.18 Å². The van der Waals surface area contributed by atoms with Gasteiger partial charge in [-0.3, -0.25) is 4.79 Å². The summed E-state index contributed by atoms with van der Waals surface area (Å²) in [5, 5.41) is -0.0338. The van der Waals surface area contributed by atoms with Gasteiger partial charge in [0.05, 0.1) is 5.69 Å². The van der Waals surface area contributed by atoms with Gasteiger partial charge in [-0.1, -0.05) is 17.7 Å². The van der Waals surface area contributed by atoms with Crippen LogP contribution in [0.25, 0.3) is 0 Å². The molecule has 0 N–H and O–H groups in total. The molecule has 1 unspecified atom stereocenters. The van der Waals surface area contributed by atoms with Gasteiger partial charge in [0.2, 0.25) is 5.91 Å². The Balaban J connectivity index is 2.36. The minimum absolute atomic E-state index is 0.0338. The Kier molecular flexibility index (Phi) is 2.84. The molecule has 1 heterocycles. The summed E-state index contributed by atoms with van der Waals surface area (Å²) in [4.78, 5) is 13.1. The molecule has 4 heteroatoms. The van der Waals surface area contributed by atoms with Crippen LogP contribution in [-0.4, -0.2) is 12.5 Å². The second kappa shape index (κ2) is 4.15. The Hall–Kier alpha value is -1.53. The molecule has 1 amide bonds. The number of benzene rings is 1. The Bertz CT molecular complexity index is 480. The molecule has 2 rings (SSSR count). The zero-order valence-corrected chi connectivity index (χ0v) is 9.17. The fourth-order valence-corrected chi connectivity index (χ4v) is 1.98. The van der Waals surface area contributed by atoms with Gasteiger partial charge < -0.3 is 4.90 Å². The lowest BCUT2D eigenvalue weighted by Crippen LogP contribution is -2.24. The number of terminal acetylenes is 1. The molecule has 1 aromatic rings. The number of carbonyl (C=O) groups excluding carboxylic acids is 1. The van der Waals surface area contributed by atoms with E-state index in [1.807, 2.05) is 0 Å². The van der Waals surface area contributed by atoms with Crippen LogP contribution in [0.5, 0.6) is 0 Å². The first kappa shape index (κ1) is 11.0. The molecule has 0 spiro atoms. The number of amides is 1. The quantitative estimate of drug-likeness (QED) is 0.687. The zero-order valence-electron chi connectivity index (χ0n) is 8.41. The smallest absolute Gasteiger partial charge is 0.228 e. The number of hydrogen-bond acceptors (Lipinski definition) is 1. The normalized spacial score (nSPS) is 19.9.